The van der Waals surface area contributed by atoms with Crippen molar-refractivity contribution in [2.45, 2.75) is 31.8 Å². The van der Waals surface area contributed by atoms with Crippen molar-refractivity contribution < 1.29 is 9.90 Å². The Labute approximate surface area is 169 Å². The number of carbonyl (C=O) groups excluding carboxylic acids is 1. The van der Waals surface area contributed by atoms with Crippen LogP contribution in [0.3, 0.4) is 0 Å². The Morgan fingerprint density at radius 1 is 1.41 bits per heavy atom. The Kier molecular flexibility index (Phi) is 6.11. The van der Waals surface area contributed by atoms with Crippen molar-refractivity contribution >= 4 is 29.9 Å². The molecule has 2 fully saturated rings. The second-order valence-corrected chi connectivity index (χ2v) is 7.67. The van der Waals surface area contributed by atoms with Gasteiger partial charge in [-0.1, -0.05) is 17.7 Å². The number of aliphatic hydroxyl groups excluding tert-OH is 1. The lowest BCUT2D eigenvalue weighted by molar-refractivity contribution is 0.0926. The van der Waals surface area contributed by atoms with Crippen LogP contribution in [0, 0.1) is 12.8 Å². The van der Waals surface area contributed by atoms with Crippen molar-refractivity contribution in [1.29, 1.82) is 0 Å². The first-order valence-corrected chi connectivity index (χ1v) is 9.44. The molecule has 1 aromatic heterocycles. The van der Waals surface area contributed by atoms with Gasteiger partial charge in [-0.25, -0.2) is 4.68 Å². The molecule has 4 rings (SSSR count). The Morgan fingerprint density at radius 2 is 2.19 bits per heavy atom. The Hall–Kier alpha value is -1.60. The van der Waals surface area contributed by atoms with E-state index in [1.807, 2.05) is 29.8 Å². The van der Waals surface area contributed by atoms with Crippen molar-refractivity contribution in [2.75, 3.05) is 19.6 Å². The molecule has 2 atom stereocenters. The molecule has 2 aliphatic rings. The van der Waals surface area contributed by atoms with E-state index in [1.165, 1.54) is 0 Å². The fourth-order valence-electron chi connectivity index (χ4n) is 3.45. The molecule has 0 bridgehead atoms. The Morgan fingerprint density at radius 3 is 2.81 bits per heavy atom. The SMILES string of the molecule is Cc1ccc(-n2ncc(C(=O)NCC3CNCC3O)c2C2CC2)cc1Cl.Cl. The summed E-state index contributed by atoms with van der Waals surface area (Å²) in [6, 6.07) is 5.82. The molecule has 27 heavy (non-hydrogen) atoms. The monoisotopic (exact) mass is 410 g/mol. The van der Waals surface area contributed by atoms with E-state index < -0.39 is 6.10 Å². The topological polar surface area (TPSA) is 79.2 Å². The average molecular weight is 411 g/mol. The molecule has 8 heteroatoms. The predicted octanol–water partition coefficient (Wildman–Crippen LogP) is 2.44. The number of rotatable bonds is 5. The third-order valence-corrected chi connectivity index (χ3v) is 5.65. The largest absolute Gasteiger partial charge is 0.391 e. The van der Waals surface area contributed by atoms with Gasteiger partial charge in [0.15, 0.2) is 0 Å². The molecule has 3 N–H and O–H groups in total. The van der Waals surface area contributed by atoms with Crippen molar-refractivity contribution in [1.82, 2.24) is 20.4 Å². The number of hydrogen-bond donors (Lipinski definition) is 3. The van der Waals surface area contributed by atoms with Crippen LogP contribution in [0.4, 0.5) is 0 Å². The molecule has 1 aliphatic heterocycles. The van der Waals surface area contributed by atoms with Gasteiger partial charge in [0, 0.05) is 36.5 Å². The Balaban J connectivity index is 0.00000210. The zero-order chi connectivity index (χ0) is 18.3. The molecule has 2 unspecified atom stereocenters. The molecule has 6 nitrogen and oxygen atoms in total. The first kappa shape index (κ1) is 20.1. The molecule has 1 amide bonds. The van der Waals surface area contributed by atoms with Gasteiger partial charge < -0.3 is 15.7 Å². The second-order valence-electron chi connectivity index (χ2n) is 7.26. The van der Waals surface area contributed by atoms with Crippen LogP contribution < -0.4 is 10.6 Å². The van der Waals surface area contributed by atoms with Crippen LogP contribution in [0.5, 0.6) is 0 Å². The number of β-amino-alcohol motifs (C(OH)–C–C–N with tert-alkyl or cyclic N) is 1. The van der Waals surface area contributed by atoms with Gasteiger partial charge >= 0.3 is 0 Å². The minimum Gasteiger partial charge on any atom is -0.391 e. The number of carbonyl (C=O) groups is 1. The van der Waals surface area contributed by atoms with E-state index >= 15 is 0 Å². The fourth-order valence-corrected chi connectivity index (χ4v) is 3.62. The quantitative estimate of drug-likeness (QED) is 0.706. The number of nitrogens with one attached hydrogen (secondary N) is 2. The van der Waals surface area contributed by atoms with E-state index in [-0.39, 0.29) is 24.2 Å². The van der Waals surface area contributed by atoms with E-state index in [0.717, 1.165) is 36.3 Å². The molecule has 1 saturated carbocycles. The molecule has 1 aliphatic carbocycles. The van der Waals surface area contributed by atoms with Crippen molar-refractivity contribution in [3.8, 4) is 5.69 Å². The van der Waals surface area contributed by atoms with Crippen molar-refractivity contribution in [3.05, 3.63) is 46.2 Å². The van der Waals surface area contributed by atoms with E-state index in [0.29, 0.717) is 29.6 Å². The summed E-state index contributed by atoms with van der Waals surface area (Å²) in [5, 5.41) is 21.1. The number of hydrogen-bond acceptors (Lipinski definition) is 4. The zero-order valence-electron chi connectivity index (χ0n) is 15.1. The normalized spacial score (nSPS) is 21.7. The van der Waals surface area contributed by atoms with E-state index in [4.69, 9.17) is 11.6 Å². The van der Waals surface area contributed by atoms with Crippen LogP contribution in [0.15, 0.2) is 24.4 Å². The third kappa shape index (κ3) is 4.14. The van der Waals surface area contributed by atoms with Gasteiger partial charge in [0.25, 0.3) is 5.91 Å². The fraction of sp³-hybridized carbons (Fsp3) is 0.474. The molecule has 1 saturated heterocycles. The molecular weight excluding hydrogens is 387 g/mol. The molecule has 0 spiro atoms. The van der Waals surface area contributed by atoms with E-state index in [1.54, 1.807) is 6.20 Å². The van der Waals surface area contributed by atoms with Crippen molar-refractivity contribution in [3.63, 3.8) is 0 Å². The number of halogens is 2. The van der Waals surface area contributed by atoms with Crippen LogP contribution in [0.1, 0.15) is 40.4 Å². The second kappa shape index (κ2) is 8.19. The summed E-state index contributed by atoms with van der Waals surface area (Å²) in [5.41, 5.74) is 3.45. The summed E-state index contributed by atoms with van der Waals surface area (Å²) in [5.74, 6) is 0.279. The van der Waals surface area contributed by atoms with E-state index in [9.17, 15) is 9.90 Å². The molecule has 1 aromatic carbocycles. The summed E-state index contributed by atoms with van der Waals surface area (Å²) in [6.07, 6.45) is 3.36. The zero-order valence-corrected chi connectivity index (χ0v) is 16.7. The maximum absolute atomic E-state index is 12.7. The van der Waals surface area contributed by atoms with Crippen LogP contribution in [-0.2, 0) is 0 Å². The minimum atomic E-state index is -0.407. The standard InChI is InChI=1S/C19H23ClN4O2.ClH/c1-11-2-5-14(6-16(11)20)24-18(12-3-4-12)15(9-23-24)19(26)22-8-13-7-21-10-17(13)25;/h2,5-6,9,12-13,17,21,25H,3-4,7-8,10H2,1H3,(H,22,26);1H. The highest BCUT2D eigenvalue weighted by Gasteiger charge is 2.33. The van der Waals surface area contributed by atoms with Crippen molar-refractivity contribution in [2.24, 2.45) is 5.92 Å². The lowest BCUT2D eigenvalue weighted by Gasteiger charge is -2.14. The van der Waals surface area contributed by atoms with Gasteiger partial charge in [0.2, 0.25) is 0 Å². The summed E-state index contributed by atoms with van der Waals surface area (Å²) in [7, 11) is 0. The van der Waals surface area contributed by atoms with Crippen LogP contribution >= 0.6 is 24.0 Å². The first-order valence-electron chi connectivity index (χ1n) is 9.06. The minimum absolute atomic E-state index is 0. The third-order valence-electron chi connectivity index (χ3n) is 5.24. The maximum Gasteiger partial charge on any atom is 0.254 e. The van der Waals surface area contributed by atoms with Gasteiger partial charge in [-0.3, -0.25) is 4.79 Å². The number of aryl methyl sites for hydroxylation is 1. The summed E-state index contributed by atoms with van der Waals surface area (Å²) < 4.78 is 1.84. The smallest absolute Gasteiger partial charge is 0.254 e. The van der Waals surface area contributed by atoms with Gasteiger partial charge in [-0.15, -0.1) is 12.4 Å². The number of aromatic nitrogens is 2. The van der Waals surface area contributed by atoms with Gasteiger partial charge in [-0.2, -0.15) is 5.10 Å². The highest BCUT2D eigenvalue weighted by Crippen LogP contribution is 2.42. The number of amides is 1. The summed E-state index contributed by atoms with van der Waals surface area (Å²) >= 11 is 6.27. The molecule has 0 radical (unpaired) electrons. The van der Waals surface area contributed by atoms with Crippen LogP contribution in [0.25, 0.3) is 5.69 Å². The predicted molar refractivity (Wildman–Crippen MR) is 107 cm³/mol. The highest BCUT2D eigenvalue weighted by atomic mass is 35.5. The van der Waals surface area contributed by atoms with Gasteiger partial charge in [0.05, 0.1) is 29.2 Å². The first-order chi connectivity index (χ1) is 12.5. The highest BCUT2D eigenvalue weighted by molar-refractivity contribution is 6.31. The number of nitrogens with zero attached hydrogens (tertiary/aromatic N) is 2. The lowest BCUT2D eigenvalue weighted by atomic mass is 10.1. The molecule has 2 aromatic rings. The Bertz CT molecular complexity index is 835. The van der Waals surface area contributed by atoms with Crippen LogP contribution in [0.2, 0.25) is 5.02 Å². The number of benzene rings is 1. The number of aliphatic hydroxyl groups is 1. The summed E-state index contributed by atoms with van der Waals surface area (Å²) in [6.45, 7) is 3.72. The van der Waals surface area contributed by atoms with Gasteiger partial charge in [0.1, 0.15) is 0 Å². The average Bonchev–Trinajstić information content (AvgIpc) is 3.23. The summed E-state index contributed by atoms with van der Waals surface area (Å²) in [4.78, 5) is 12.7. The molecule has 2 heterocycles. The molecule has 146 valence electrons. The maximum atomic E-state index is 12.7. The van der Waals surface area contributed by atoms with Gasteiger partial charge in [-0.05, 0) is 37.5 Å². The van der Waals surface area contributed by atoms with E-state index in [2.05, 4.69) is 15.7 Å². The molecular formula is C19H24Cl2N4O2. The van der Waals surface area contributed by atoms with Crippen LogP contribution in [-0.4, -0.2) is 46.5 Å². The lowest BCUT2D eigenvalue weighted by Crippen LogP contribution is -2.34.